The molecule has 120 valence electrons. The van der Waals surface area contributed by atoms with Crippen LogP contribution in [0.1, 0.15) is 43.0 Å². The van der Waals surface area contributed by atoms with Gasteiger partial charge in [0.15, 0.2) is 11.6 Å². The molecule has 0 aromatic heterocycles. The molecule has 0 bridgehead atoms. The van der Waals surface area contributed by atoms with Crippen molar-refractivity contribution < 1.29 is 14.3 Å². The van der Waals surface area contributed by atoms with E-state index in [0.717, 1.165) is 5.56 Å². The molecule has 2 aliphatic heterocycles. The summed E-state index contributed by atoms with van der Waals surface area (Å²) in [4.78, 5) is 14.2. The van der Waals surface area contributed by atoms with Gasteiger partial charge in [0.1, 0.15) is 6.61 Å². The quantitative estimate of drug-likeness (QED) is 0.799. The van der Waals surface area contributed by atoms with Gasteiger partial charge in [-0.25, -0.2) is 0 Å². The number of carbonyl (C=O) groups is 1. The van der Waals surface area contributed by atoms with E-state index in [9.17, 15) is 4.79 Å². The Bertz CT molecular complexity index is 600. The number of morpholine rings is 1. The Morgan fingerprint density at radius 3 is 2.55 bits per heavy atom. The molecule has 22 heavy (non-hydrogen) atoms. The van der Waals surface area contributed by atoms with Crippen LogP contribution in [-0.4, -0.2) is 42.3 Å². The van der Waals surface area contributed by atoms with Crippen molar-refractivity contribution >= 4 is 5.78 Å². The van der Waals surface area contributed by atoms with E-state index >= 15 is 0 Å². The Morgan fingerprint density at radius 2 is 1.95 bits per heavy atom. The number of rotatable bonds is 1. The van der Waals surface area contributed by atoms with Crippen LogP contribution in [0.3, 0.4) is 0 Å². The molecule has 0 radical (unpaired) electrons. The third-order valence-electron chi connectivity index (χ3n) is 5.30. The fourth-order valence-corrected chi connectivity index (χ4v) is 3.61. The van der Waals surface area contributed by atoms with Gasteiger partial charge < -0.3 is 9.47 Å². The Hall–Kier alpha value is -1.23. The van der Waals surface area contributed by atoms with Crippen LogP contribution in [0.5, 0.6) is 0 Å². The van der Waals surface area contributed by atoms with E-state index < -0.39 is 5.79 Å². The molecular formula is C18H25NO3. The molecule has 0 N–H and O–H groups in total. The van der Waals surface area contributed by atoms with Crippen LogP contribution in [0.15, 0.2) is 18.2 Å². The molecule has 3 rings (SSSR count). The Labute approximate surface area is 132 Å². The summed E-state index contributed by atoms with van der Waals surface area (Å²) in [6, 6.07) is 6.65. The molecule has 2 fully saturated rings. The van der Waals surface area contributed by atoms with Crippen molar-refractivity contribution in [3.63, 3.8) is 0 Å². The predicted molar refractivity (Wildman–Crippen MR) is 84.7 cm³/mol. The van der Waals surface area contributed by atoms with Crippen molar-refractivity contribution in [3.05, 3.63) is 34.9 Å². The lowest BCUT2D eigenvalue weighted by Gasteiger charge is -2.51. The molecule has 1 spiro atoms. The number of carbonyl (C=O) groups excluding carboxylic acids is 1. The smallest absolute Gasteiger partial charge is 0.195 e. The average molecular weight is 303 g/mol. The fourth-order valence-electron chi connectivity index (χ4n) is 3.61. The summed E-state index contributed by atoms with van der Waals surface area (Å²) in [6.07, 6.45) is 0.352. The minimum absolute atomic E-state index is 0.0266. The first-order valence-corrected chi connectivity index (χ1v) is 7.96. The summed E-state index contributed by atoms with van der Waals surface area (Å²) >= 11 is 0. The predicted octanol–water partition coefficient (Wildman–Crippen LogP) is 2.77. The molecule has 2 heterocycles. The summed E-state index contributed by atoms with van der Waals surface area (Å²) < 4.78 is 12.1. The standard InChI is InChI=1S/C18H25NO3/c1-11-6-7-15(8-12(11)2)17-18(9-16(20)10-21-18)22-14(4)13(3)19(17)5/h6-8,13-14,17H,9-10H2,1-5H3. The van der Waals surface area contributed by atoms with E-state index in [0.29, 0.717) is 6.42 Å². The van der Waals surface area contributed by atoms with Gasteiger partial charge in [0.25, 0.3) is 0 Å². The summed E-state index contributed by atoms with van der Waals surface area (Å²) in [7, 11) is 2.09. The van der Waals surface area contributed by atoms with Crippen molar-refractivity contribution in [1.82, 2.24) is 4.90 Å². The van der Waals surface area contributed by atoms with Crippen LogP contribution in [0.25, 0.3) is 0 Å². The Morgan fingerprint density at radius 1 is 1.23 bits per heavy atom. The first-order chi connectivity index (χ1) is 10.3. The molecule has 4 unspecified atom stereocenters. The van der Waals surface area contributed by atoms with Crippen molar-refractivity contribution in [1.29, 1.82) is 0 Å². The van der Waals surface area contributed by atoms with Crippen LogP contribution in [0, 0.1) is 13.8 Å². The van der Waals surface area contributed by atoms with E-state index in [4.69, 9.17) is 9.47 Å². The number of nitrogens with zero attached hydrogens (tertiary/aromatic N) is 1. The summed E-state index contributed by atoms with van der Waals surface area (Å²) in [5, 5.41) is 0. The minimum atomic E-state index is -0.848. The van der Waals surface area contributed by atoms with Gasteiger partial charge >= 0.3 is 0 Å². The van der Waals surface area contributed by atoms with Gasteiger partial charge in [-0.15, -0.1) is 0 Å². The number of benzene rings is 1. The first kappa shape index (κ1) is 15.7. The van der Waals surface area contributed by atoms with Crippen LogP contribution >= 0.6 is 0 Å². The maximum absolute atomic E-state index is 11.9. The molecule has 2 saturated heterocycles. The van der Waals surface area contributed by atoms with Crippen LogP contribution < -0.4 is 0 Å². The lowest BCUT2D eigenvalue weighted by atomic mass is 9.88. The van der Waals surface area contributed by atoms with E-state index in [-0.39, 0.29) is 30.6 Å². The number of hydrogen-bond donors (Lipinski definition) is 0. The Kier molecular flexibility index (Phi) is 3.87. The van der Waals surface area contributed by atoms with E-state index in [1.54, 1.807) is 0 Å². The Balaban J connectivity index is 2.06. The zero-order chi connectivity index (χ0) is 16.1. The normalized spacial score (nSPS) is 36.2. The van der Waals surface area contributed by atoms with Crippen LogP contribution in [0.4, 0.5) is 0 Å². The fraction of sp³-hybridized carbons (Fsp3) is 0.611. The largest absolute Gasteiger partial charge is 0.343 e. The number of likely N-dealkylation sites (N-methyl/N-ethyl adjacent to an activating group) is 1. The van der Waals surface area contributed by atoms with Gasteiger partial charge in [0.05, 0.1) is 18.6 Å². The lowest BCUT2D eigenvalue weighted by Crippen LogP contribution is -2.59. The highest BCUT2D eigenvalue weighted by molar-refractivity contribution is 5.82. The number of aryl methyl sites for hydroxylation is 2. The summed E-state index contributed by atoms with van der Waals surface area (Å²) in [6.45, 7) is 8.57. The van der Waals surface area contributed by atoms with Crippen molar-refractivity contribution in [2.45, 2.75) is 58.1 Å². The number of ether oxygens (including phenoxy) is 2. The van der Waals surface area contributed by atoms with Gasteiger partial charge in [-0.3, -0.25) is 9.69 Å². The number of Topliss-reactive ketones (excluding diaryl/α,β-unsaturated/α-hetero) is 1. The third kappa shape index (κ3) is 2.39. The van der Waals surface area contributed by atoms with Gasteiger partial charge in [-0.1, -0.05) is 18.2 Å². The van der Waals surface area contributed by atoms with Gasteiger partial charge in [-0.2, -0.15) is 0 Å². The van der Waals surface area contributed by atoms with Gasteiger partial charge in [0, 0.05) is 6.04 Å². The van der Waals surface area contributed by atoms with E-state index in [2.05, 4.69) is 50.9 Å². The summed E-state index contributed by atoms with van der Waals surface area (Å²) in [5.74, 6) is -0.733. The molecule has 4 atom stereocenters. The minimum Gasteiger partial charge on any atom is -0.343 e. The monoisotopic (exact) mass is 303 g/mol. The zero-order valence-electron chi connectivity index (χ0n) is 14.1. The molecule has 0 amide bonds. The second-order valence-corrected chi connectivity index (χ2v) is 6.79. The molecule has 0 aliphatic carbocycles. The van der Waals surface area contributed by atoms with Crippen molar-refractivity contribution in [2.24, 2.45) is 0 Å². The lowest BCUT2D eigenvalue weighted by molar-refractivity contribution is -0.305. The maximum atomic E-state index is 11.9. The van der Waals surface area contributed by atoms with Crippen LogP contribution in [-0.2, 0) is 14.3 Å². The molecule has 1 aromatic carbocycles. The molecule has 1 aromatic rings. The van der Waals surface area contributed by atoms with Crippen molar-refractivity contribution in [2.75, 3.05) is 13.7 Å². The molecular weight excluding hydrogens is 278 g/mol. The van der Waals surface area contributed by atoms with E-state index in [1.807, 2.05) is 6.92 Å². The highest BCUT2D eigenvalue weighted by Crippen LogP contribution is 2.46. The van der Waals surface area contributed by atoms with Gasteiger partial charge in [0.2, 0.25) is 0 Å². The highest BCUT2D eigenvalue weighted by Gasteiger charge is 2.55. The maximum Gasteiger partial charge on any atom is 0.195 e. The SMILES string of the molecule is Cc1ccc(C2N(C)C(C)C(C)OC23CC(=O)CO3)cc1C. The van der Waals surface area contributed by atoms with Crippen LogP contribution in [0.2, 0.25) is 0 Å². The first-order valence-electron chi connectivity index (χ1n) is 7.96. The topological polar surface area (TPSA) is 38.8 Å². The zero-order valence-corrected chi connectivity index (χ0v) is 14.1. The highest BCUT2D eigenvalue weighted by atomic mass is 16.7. The number of hydrogen-bond acceptors (Lipinski definition) is 4. The van der Waals surface area contributed by atoms with E-state index in [1.165, 1.54) is 11.1 Å². The molecule has 2 aliphatic rings. The summed E-state index contributed by atoms with van der Waals surface area (Å²) in [5.41, 5.74) is 3.66. The third-order valence-corrected chi connectivity index (χ3v) is 5.30. The van der Waals surface area contributed by atoms with Gasteiger partial charge in [-0.05, 0) is 51.4 Å². The number of ketones is 1. The molecule has 0 saturated carbocycles. The second-order valence-electron chi connectivity index (χ2n) is 6.79. The second kappa shape index (κ2) is 5.44. The molecule has 4 heteroatoms. The van der Waals surface area contributed by atoms with Crippen molar-refractivity contribution in [3.8, 4) is 0 Å². The average Bonchev–Trinajstić information content (AvgIpc) is 2.82. The molecule has 4 nitrogen and oxygen atoms in total.